The highest BCUT2D eigenvalue weighted by Crippen LogP contribution is 2.27. The van der Waals surface area contributed by atoms with Gasteiger partial charge in [-0.05, 0) is 29.0 Å². The molecule has 4 heteroatoms. The van der Waals surface area contributed by atoms with Crippen molar-refractivity contribution in [3.05, 3.63) is 93.3 Å². The Labute approximate surface area is 156 Å². The lowest BCUT2D eigenvalue weighted by molar-refractivity contribution is -0.907. The van der Waals surface area contributed by atoms with Gasteiger partial charge in [0.2, 0.25) is 0 Å². The third kappa shape index (κ3) is 3.36. The zero-order valence-corrected chi connectivity index (χ0v) is 15.2. The summed E-state index contributed by atoms with van der Waals surface area (Å²) in [6.45, 7) is 1.59. The van der Waals surface area contributed by atoms with Gasteiger partial charge < -0.3 is 9.32 Å². The fourth-order valence-corrected chi connectivity index (χ4v) is 3.62. The summed E-state index contributed by atoms with van der Waals surface area (Å²) in [4.78, 5) is 13.3. The normalized spacial score (nSPS) is 12.5. The van der Waals surface area contributed by atoms with E-state index in [0.717, 1.165) is 39.8 Å². The summed E-state index contributed by atoms with van der Waals surface area (Å²) >= 11 is 5.96. The first kappa shape index (κ1) is 16.8. The lowest BCUT2D eigenvalue weighted by atomic mass is 10.0. The molecule has 0 amide bonds. The number of hydrogen-bond acceptors (Lipinski definition) is 2. The van der Waals surface area contributed by atoms with E-state index in [0.29, 0.717) is 5.58 Å². The van der Waals surface area contributed by atoms with Gasteiger partial charge in [-0.1, -0.05) is 54.1 Å². The average molecular weight is 365 g/mol. The van der Waals surface area contributed by atoms with Crippen LogP contribution in [0.1, 0.15) is 11.1 Å². The van der Waals surface area contributed by atoms with Crippen molar-refractivity contribution in [1.82, 2.24) is 0 Å². The van der Waals surface area contributed by atoms with Crippen molar-refractivity contribution in [3.63, 3.8) is 0 Å². The van der Waals surface area contributed by atoms with Gasteiger partial charge in [-0.15, -0.1) is 0 Å². The van der Waals surface area contributed by atoms with E-state index < -0.39 is 0 Å². The van der Waals surface area contributed by atoms with E-state index in [1.54, 1.807) is 6.07 Å². The molecule has 0 aliphatic heterocycles. The third-order valence-corrected chi connectivity index (χ3v) is 4.88. The molecule has 1 aromatic heterocycles. The van der Waals surface area contributed by atoms with Gasteiger partial charge in [0.15, 0.2) is 0 Å². The quantitative estimate of drug-likeness (QED) is 0.441. The third-order valence-electron chi connectivity index (χ3n) is 4.63. The van der Waals surface area contributed by atoms with Crippen molar-refractivity contribution in [1.29, 1.82) is 0 Å². The minimum atomic E-state index is -0.304. The molecule has 0 saturated heterocycles. The van der Waals surface area contributed by atoms with Crippen LogP contribution in [0, 0.1) is 0 Å². The highest BCUT2D eigenvalue weighted by molar-refractivity contribution is 6.30. The highest BCUT2D eigenvalue weighted by Gasteiger charge is 2.13. The smallest absolute Gasteiger partial charge is 0.336 e. The SMILES string of the molecule is C[NH+](Cc1ccc(Cl)cc1)Cc1cc(=O)oc2ccc3ccccc3c12. The Morgan fingerprint density at radius 3 is 2.54 bits per heavy atom. The molecule has 4 aromatic rings. The molecule has 0 spiro atoms. The molecule has 1 atom stereocenters. The Bertz CT molecular complexity index is 1130. The molecule has 1 N–H and O–H groups in total. The van der Waals surface area contributed by atoms with Crippen LogP contribution < -0.4 is 10.5 Å². The van der Waals surface area contributed by atoms with E-state index in [-0.39, 0.29) is 5.63 Å². The lowest BCUT2D eigenvalue weighted by Gasteiger charge is -2.16. The second-order valence-electron chi connectivity index (χ2n) is 6.69. The van der Waals surface area contributed by atoms with Gasteiger partial charge in [0, 0.05) is 27.6 Å². The van der Waals surface area contributed by atoms with Crippen molar-refractivity contribution >= 4 is 33.3 Å². The maximum atomic E-state index is 12.0. The second-order valence-corrected chi connectivity index (χ2v) is 7.12. The van der Waals surface area contributed by atoms with E-state index in [1.165, 1.54) is 10.5 Å². The Hall–Kier alpha value is -2.62. The number of nitrogens with one attached hydrogen (secondary N) is 1. The number of hydrogen-bond donors (Lipinski definition) is 1. The molecule has 0 saturated carbocycles. The summed E-state index contributed by atoms with van der Waals surface area (Å²) in [5, 5.41) is 4.02. The van der Waals surface area contributed by atoms with E-state index in [2.05, 4.69) is 19.2 Å². The summed E-state index contributed by atoms with van der Waals surface area (Å²) in [6, 6.07) is 21.6. The summed E-state index contributed by atoms with van der Waals surface area (Å²) in [6.07, 6.45) is 0. The molecule has 3 aromatic carbocycles. The summed E-state index contributed by atoms with van der Waals surface area (Å²) in [5.41, 5.74) is 2.57. The molecule has 0 fully saturated rings. The van der Waals surface area contributed by atoms with Crippen molar-refractivity contribution < 1.29 is 9.32 Å². The van der Waals surface area contributed by atoms with Crippen LogP contribution in [0.2, 0.25) is 5.02 Å². The predicted molar refractivity (Wildman–Crippen MR) is 106 cm³/mol. The lowest BCUT2D eigenvalue weighted by Crippen LogP contribution is -3.06. The standard InChI is InChI=1S/C22H18ClNO2/c1-24(13-15-6-9-18(23)10-7-15)14-17-12-21(25)26-20-11-8-16-4-2-3-5-19(16)22(17)20/h2-12H,13-14H2,1H3/p+1. The molecule has 0 aliphatic rings. The number of fused-ring (bicyclic) bond motifs is 3. The van der Waals surface area contributed by atoms with Crippen molar-refractivity contribution in [2.45, 2.75) is 13.1 Å². The molecule has 0 radical (unpaired) electrons. The van der Waals surface area contributed by atoms with Gasteiger partial charge >= 0.3 is 5.63 Å². The van der Waals surface area contributed by atoms with Gasteiger partial charge in [0.25, 0.3) is 0 Å². The summed E-state index contributed by atoms with van der Waals surface area (Å²) < 4.78 is 5.44. The number of rotatable bonds is 4. The van der Waals surface area contributed by atoms with Gasteiger partial charge in [0.05, 0.1) is 7.05 Å². The first-order chi connectivity index (χ1) is 12.6. The molecule has 26 heavy (non-hydrogen) atoms. The molecule has 130 valence electrons. The van der Waals surface area contributed by atoms with Crippen LogP contribution >= 0.6 is 11.6 Å². The van der Waals surface area contributed by atoms with Gasteiger partial charge in [0.1, 0.15) is 18.7 Å². The van der Waals surface area contributed by atoms with E-state index in [9.17, 15) is 4.79 Å². The molecular formula is C22H19ClNO2+. The number of benzene rings is 3. The Morgan fingerprint density at radius 2 is 1.73 bits per heavy atom. The zero-order chi connectivity index (χ0) is 18.1. The number of halogens is 1. The first-order valence-electron chi connectivity index (χ1n) is 8.60. The van der Waals surface area contributed by atoms with Crippen LogP contribution in [0.4, 0.5) is 0 Å². The fraction of sp³-hybridized carbons (Fsp3) is 0.136. The van der Waals surface area contributed by atoms with Gasteiger partial charge in [-0.2, -0.15) is 0 Å². The monoisotopic (exact) mass is 364 g/mol. The molecule has 0 aliphatic carbocycles. The number of quaternary nitrogens is 1. The van der Waals surface area contributed by atoms with Crippen molar-refractivity contribution in [3.8, 4) is 0 Å². The second kappa shape index (κ2) is 6.94. The topological polar surface area (TPSA) is 34.7 Å². The van der Waals surface area contributed by atoms with Crippen LogP contribution in [0.5, 0.6) is 0 Å². The van der Waals surface area contributed by atoms with Crippen molar-refractivity contribution in [2.75, 3.05) is 7.05 Å². The highest BCUT2D eigenvalue weighted by atomic mass is 35.5. The van der Waals surface area contributed by atoms with Crippen LogP contribution in [0.15, 0.2) is 75.9 Å². The van der Waals surface area contributed by atoms with E-state index in [4.69, 9.17) is 16.0 Å². The van der Waals surface area contributed by atoms with Gasteiger partial charge in [-0.25, -0.2) is 4.79 Å². The molecular weight excluding hydrogens is 346 g/mol. The minimum absolute atomic E-state index is 0.304. The minimum Gasteiger partial charge on any atom is -0.423 e. The first-order valence-corrected chi connectivity index (χ1v) is 8.98. The van der Waals surface area contributed by atoms with Crippen LogP contribution in [-0.4, -0.2) is 7.05 Å². The molecule has 4 rings (SSSR count). The van der Waals surface area contributed by atoms with Crippen LogP contribution in [-0.2, 0) is 13.1 Å². The molecule has 1 unspecified atom stereocenters. The molecule has 3 nitrogen and oxygen atoms in total. The average Bonchev–Trinajstić information content (AvgIpc) is 2.63. The predicted octanol–water partition coefficient (Wildman–Crippen LogP) is 3.81. The summed E-state index contributed by atoms with van der Waals surface area (Å²) in [5.74, 6) is 0. The fourth-order valence-electron chi connectivity index (χ4n) is 3.50. The zero-order valence-electron chi connectivity index (χ0n) is 14.5. The Kier molecular flexibility index (Phi) is 4.49. The maximum Gasteiger partial charge on any atom is 0.336 e. The largest absolute Gasteiger partial charge is 0.423 e. The van der Waals surface area contributed by atoms with Gasteiger partial charge in [-0.3, -0.25) is 0 Å². The van der Waals surface area contributed by atoms with Crippen LogP contribution in [0.3, 0.4) is 0 Å². The van der Waals surface area contributed by atoms with Crippen molar-refractivity contribution in [2.24, 2.45) is 0 Å². The Morgan fingerprint density at radius 1 is 0.962 bits per heavy atom. The summed E-state index contributed by atoms with van der Waals surface area (Å²) in [7, 11) is 2.13. The van der Waals surface area contributed by atoms with Crippen LogP contribution in [0.25, 0.3) is 21.7 Å². The molecule has 0 bridgehead atoms. The van der Waals surface area contributed by atoms with E-state index >= 15 is 0 Å². The Balaban J connectivity index is 1.74. The maximum absolute atomic E-state index is 12.0. The molecule has 1 heterocycles. The van der Waals surface area contributed by atoms with E-state index in [1.807, 2.05) is 48.5 Å².